The molecule has 0 bridgehead atoms. The molecule has 0 aromatic heterocycles. The Morgan fingerprint density at radius 1 is 1.42 bits per heavy atom. The van der Waals surface area contributed by atoms with Crippen LogP contribution >= 0.6 is 0 Å². The van der Waals surface area contributed by atoms with Crippen LogP contribution in [0.4, 0.5) is 4.79 Å². The molecule has 0 radical (unpaired) electrons. The first-order chi connectivity index (χ1) is 11.6. The Morgan fingerprint density at radius 3 is 3.00 bits per heavy atom. The molecule has 2 heterocycles. The molecule has 3 rings (SSSR count). The van der Waals surface area contributed by atoms with Gasteiger partial charge >= 0.3 is 6.09 Å². The van der Waals surface area contributed by atoms with Crippen molar-refractivity contribution in [1.29, 1.82) is 0 Å². The molecule has 2 fully saturated rings. The number of fused-ring (bicyclic) bond motifs is 1. The van der Waals surface area contributed by atoms with Gasteiger partial charge < -0.3 is 24.8 Å². The Balaban J connectivity index is 1.78. The smallest absolute Gasteiger partial charge is 0.410 e. The molecule has 24 heavy (non-hydrogen) atoms. The van der Waals surface area contributed by atoms with Crippen molar-refractivity contribution >= 4 is 12.0 Å². The number of hydrogen-bond donors (Lipinski definition) is 1. The number of carbonyl (C=O) groups excluding carboxylic acids is 2. The highest BCUT2D eigenvalue weighted by Gasteiger charge is 2.39. The normalized spacial score (nSPS) is 19.8. The second-order valence-corrected chi connectivity index (χ2v) is 5.67. The number of methoxy groups -OCH3 is 1. The molecule has 1 atom stereocenters. The van der Waals surface area contributed by atoms with E-state index in [1.165, 1.54) is 0 Å². The molecule has 2 N–H and O–H groups in total. The average molecular weight is 335 g/mol. The number of benzene rings is 1. The SMILES string of the molecule is COc1ccc(C(=O)N2CCN3C(=O)OC[C@H]3C2)c(OCCN)c1. The maximum Gasteiger partial charge on any atom is 0.410 e. The fourth-order valence-corrected chi connectivity index (χ4v) is 2.94. The summed E-state index contributed by atoms with van der Waals surface area (Å²) in [5.41, 5.74) is 5.95. The second kappa shape index (κ2) is 6.96. The first-order valence-corrected chi connectivity index (χ1v) is 7.87. The van der Waals surface area contributed by atoms with Crippen molar-refractivity contribution in [1.82, 2.24) is 9.80 Å². The van der Waals surface area contributed by atoms with Crippen LogP contribution in [0, 0.1) is 0 Å². The lowest BCUT2D eigenvalue weighted by Gasteiger charge is -2.35. The summed E-state index contributed by atoms with van der Waals surface area (Å²) in [6, 6.07) is 5.01. The maximum atomic E-state index is 12.9. The van der Waals surface area contributed by atoms with E-state index in [4.69, 9.17) is 19.9 Å². The van der Waals surface area contributed by atoms with E-state index in [9.17, 15) is 9.59 Å². The van der Waals surface area contributed by atoms with E-state index in [0.717, 1.165) is 0 Å². The van der Waals surface area contributed by atoms with Gasteiger partial charge in [-0.1, -0.05) is 0 Å². The third-order valence-corrected chi connectivity index (χ3v) is 4.20. The second-order valence-electron chi connectivity index (χ2n) is 5.67. The van der Waals surface area contributed by atoms with E-state index in [1.54, 1.807) is 35.1 Å². The molecule has 0 aliphatic carbocycles. The molecular formula is C16H21N3O5. The average Bonchev–Trinajstić information content (AvgIpc) is 2.99. The number of piperazine rings is 1. The zero-order valence-electron chi connectivity index (χ0n) is 13.6. The largest absolute Gasteiger partial charge is 0.497 e. The number of ether oxygens (including phenoxy) is 3. The summed E-state index contributed by atoms with van der Waals surface area (Å²) in [6.07, 6.45) is -0.302. The van der Waals surface area contributed by atoms with Crippen LogP contribution < -0.4 is 15.2 Å². The number of carbonyl (C=O) groups is 2. The van der Waals surface area contributed by atoms with Gasteiger partial charge in [0.15, 0.2) is 0 Å². The summed E-state index contributed by atoms with van der Waals surface area (Å²) in [5, 5.41) is 0. The van der Waals surface area contributed by atoms with Crippen LogP contribution in [-0.2, 0) is 4.74 Å². The Kier molecular flexibility index (Phi) is 4.75. The van der Waals surface area contributed by atoms with Crippen LogP contribution in [-0.4, -0.2) is 74.3 Å². The Morgan fingerprint density at radius 2 is 2.25 bits per heavy atom. The minimum Gasteiger partial charge on any atom is -0.497 e. The van der Waals surface area contributed by atoms with Gasteiger partial charge in [0, 0.05) is 32.2 Å². The van der Waals surface area contributed by atoms with Gasteiger partial charge in [-0.05, 0) is 12.1 Å². The third-order valence-electron chi connectivity index (χ3n) is 4.20. The van der Waals surface area contributed by atoms with Crippen LogP contribution in [0.25, 0.3) is 0 Å². The number of cyclic esters (lactones) is 1. The lowest BCUT2D eigenvalue weighted by molar-refractivity contribution is 0.0613. The van der Waals surface area contributed by atoms with Crippen LogP contribution in [0.5, 0.6) is 11.5 Å². The summed E-state index contributed by atoms with van der Waals surface area (Å²) in [7, 11) is 1.56. The van der Waals surface area contributed by atoms with E-state index >= 15 is 0 Å². The Labute approximate surface area is 140 Å². The molecule has 2 saturated heterocycles. The van der Waals surface area contributed by atoms with Crippen molar-refractivity contribution in [2.75, 3.05) is 46.5 Å². The number of nitrogens with zero attached hydrogens (tertiary/aromatic N) is 2. The van der Waals surface area contributed by atoms with Crippen molar-refractivity contribution in [3.63, 3.8) is 0 Å². The summed E-state index contributed by atoms with van der Waals surface area (Å²) >= 11 is 0. The third kappa shape index (κ3) is 3.09. The number of nitrogens with two attached hydrogens (primary N) is 1. The predicted molar refractivity (Wildman–Crippen MR) is 85.3 cm³/mol. The van der Waals surface area contributed by atoms with Gasteiger partial charge in [0.2, 0.25) is 0 Å². The minimum atomic E-state index is -0.302. The van der Waals surface area contributed by atoms with Crippen molar-refractivity contribution in [3.05, 3.63) is 23.8 Å². The van der Waals surface area contributed by atoms with Crippen molar-refractivity contribution in [2.45, 2.75) is 6.04 Å². The van der Waals surface area contributed by atoms with Gasteiger partial charge in [-0.3, -0.25) is 9.69 Å². The highest BCUT2D eigenvalue weighted by atomic mass is 16.6. The van der Waals surface area contributed by atoms with Crippen molar-refractivity contribution < 1.29 is 23.8 Å². The van der Waals surface area contributed by atoms with Gasteiger partial charge in [-0.25, -0.2) is 4.79 Å². The fourth-order valence-electron chi connectivity index (χ4n) is 2.94. The monoisotopic (exact) mass is 335 g/mol. The quantitative estimate of drug-likeness (QED) is 0.832. The van der Waals surface area contributed by atoms with E-state index in [2.05, 4.69) is 0 Å². The lowest BCUT2D eigenvalue weighted by atomic mass is 10.1. The van der Waals surface area contributed by atoms with E-state index in [-0.39, 0.29) is 18.0 Å². The van der Waals surface area contributed by atoms with Crippen LogP contribution in [0.2, 0.25) is 0 Å². The summed E-state index contributed by atoms with van der Waals surface area (Å²) in [4.78, 5) is 27.8. The van der Waals surface area contributed by atoms with E-state index in [1.807, 2.05) is 0 Å². The molecule has 2 amide bonds. The zero-order chi connectivity index (χ0) is 17.1. The zero-order valence-corrected chi connectivity index (χ0v) is 13.6. The van der Waals surface area contributed by atoms with Crippen molar-refractivity contribution in [2.24, 2.45) is 5.73 Å². The van der Waals surface area contributed by atoms with Gasteiger partial charge in [-0.15, -0.1) is 0 Å². The van der Waals surface area contributed by atoms with E-state index < -0.39 is 0 Å². The first kappa shape index (κ1) is 16.4. The Bertz CT molecular complexity index is 636. The molecule has 1 aromatic rings. The van der Waals surface area contributed by atoms with Gasteiger partial charge in [0.1, 0.15) is 24.7 Å². The highest BCUT2D eigenvalue weighted by Crippen LogP contribution is 2.27. The summed E-state index contributed by atoms with van der Waals surface area (Å²) in [5.74, 6) is 0.924. The molecule has 0 saturated carbocycles. The minimum absolute atomic E-state index is 0.0816. The van der Waals surface area contributed by atoms with Gasteiger partial charge in [-0.2, -0.15) is 0 Å². The molecule has 0 spiro atoms. The number of hydrogen-bond acceptors (Lipinski definition) is 6. The van der Waals surface area contributed by atoms with Gasteiger partial charge in [0.05, 0.1) is 18.7 Å². The number of rotatable bonds is 5. The first-order valence-electron chi connectivity index (χ1n) is 7.87. The molecule has 8 heteroatoms. The topological polar surface area (TPSA) is 94.3 Å². The predicted octanol–water partition coefficient (Wildman–Crippen LogP) is 0.309. The molecule has 8 nitrogen and oxygen atoms in total. The summed E-state index contributed by atoms with van der Waals surface area (Å²) in [6.45, 7) is 2.38. The molecule has 130 valence electrons. The fraction of sp³-hybridized carbons (Fsp3) is 0.500. The molecule has 0 unspecified atom stereocenters. The molecule has 2 aliphatic rings. The van der Waals surface area contributed by atoms with Gasteiger partial charge in [0.25, 0.3) is 5.91 Å². The van der Waals surface area contributed by atoms with Crippen LogP contribution in [0.1, 0.15) is 10.4 Å². The molecular weight excluding hydrogens is 314 g/mol. The maximum absolute atomic E-state index is 12.9. The molecule has 1 aromatic carbocycles. The summed E-state index contributed by atoms with van der Waals surface area (Å²) < 4.78 is 15.8. The standard InChI is InChI=1S/C16H21N3O5/c1-22-12-2-3-13(14(8-12)23-7-4-17)15(20)18-5-6-19-11(9-18)10-24-16(19)21/h2-3,8,11H,4-7,9-10,17H2,1H3/t11-/m1/s1. The van der Waals surface area contributed by atoms with E-state index in [0.29, 0.717) is 56.5 Å². The van der Waals surface area contributed by atoms with Crippen LogP contribution in [0.3, 0.4) is 0 Å². The number of amides is 2. The van der Waals surface area contributed by atoms with Crippen LogP contribution in [0.15, 0.2) is 18.2 Å². The Hall–Kier alpha value is -2.48. The molecule has 2 aliphatic heterocycles. The van der Waals surface area contributed by atoms with Crippen molar-refractivity contribution in [3.8, 4) is 11.5 Å². The lowest BCUT2D eigenvalue weighted by Crippen LogP contribution is -2.53. The highest BCUT2D eigenvalue weighted by molar-refractivity contribution is 5.97.